The molecule has 0 aromatic heterocycles. The second kappa shape index (κ2) is 13.5. The molecule has 5 rings (SSSR count). The van der Waals surface area contributed by atoms with Gasteiger partial charge in [0.25, 0.3) is 0 Å². The van der Waals surface area contributed by atoms with Crippen LogP contribution in [0.4, 0.5) is 0 Å². The van der Waals surface area contributed by atoms with Gasteiger partial charge >= 0.3 is 0 Å². The fourth-order valence-electron chi connectivity index (χ4n) is 6.33. The summed E-state index contributed by atoms with van der Waals surface area (Å²) in [7, 11) is 6.69. The average molecular weight is 574 g/mol. The highest BCUT2D eigenvalue weighted by molar-refractivity contribution is 5.93. The zero-order chi connectivity index (χ0) is 29.5. The van der Waals surface area contributed by atoms with Crippen molar-refractivity contribution in [3.8, 4) is 23.0 Å². The number of methoxy groups -OCH3 is 4. The highest BCUT2D eigenvalue weighted by Crippen LogP contribution is 2.42. The summed E-state index contributed by atoms with van der Waals surface area (Å²) in [6.07, 6.45) is 1.72. The van der Waals surface area contributed by atoms with Crippen molar-refractivity contribution >= 4 is 5.91 Å². The van der Waals surface area contributed by atoms with E-state index in [1.54, 1.807) is 28.4 Å². The summed E-state index contributed by atoms with van der Waals surface area (Å²) in [5.74, 6) is 3.38. The molecule has 0 atom stereocenters. The number of benzene rings is 3. The Morgan fingerprint density at radius 2 is 1.12 bits per heavy atom. The SMILES string of the molecule is COc1ccc(C2(c3ccc(OC)cc3)CCCN(CCN3CCN(Cc4cc(OC)cc(OC)c4)CC3)C2=O)cc1. The Morgan fingerprint density at radius 1 is 0.619 bits per heavy atom. The maximum atomic E-state index is 14.4. The number of rotatable bonds is 11. The summed E-state index contributed by atoms with van der Waals surface area (Å²) in [6, 6.07) is 22.0. The predicted molar refractivity (Wildman–Crippen MR) is 164 cm³/mol. The van der Waals surface area contributed by atoms with Crippen molar-refractivity contribution in [2.45, 2.75) is 24.8 Å². The number of likely N-dealkylation sites (tertiary alicyclic amines) is 1. The lowest BCUT2D eigenvalue weighted by atomic mass is 9.68. The van der Waals surface area contributed by atoms with Crippen LogP contribution in [-0.2, 0) is 16.8 Å². The van der Waals surface area contributed by atoms with Gasteiger partial charge in [-0.1, -0.05) is 24.3 Å². The first-order valence-corrected chi connectivity index (χ1v) is 14.7. The molecule has 2 heterocycles. The number of piperidine rings is 1. The van der Waals surface area contributed by atoms with E-state index >= 15 is 0 Å². The molecule has 2 aliphatic heterocycles. The summed E-state index contributed by atoms with van der Waals surface area (Å²) in [5.41, 5.74) is 2.47. The largest absolute Gasteiger partial charge is 0.497 e. The standard InChI is InChI=1S/C34H43N3O5/c1-39-29-10-6-27(7-11-29)34(28-8-12-30(40-2)13-9-28)14-5-15-37(33(34)38)21-20-35-16-18-36(19-17-35)25-26-22-31(41-3)24-32(23-26)42-4/h6-13,22-24H,5,14-21,25H2,1-4H3. The maximum absolute atomic E-state index is 14.4. The molecular weight excluding hydrogens is 530 g/mol. The van der Waals surface area contributed by atoms with Crippen molar-refractivity contribution in [1.82, 2.24) is 14.7 Å². The van der Waals surface area contributed by atoms with E-state index in [0.29, 0.717) is 0 Å². The van der Waals surface area contributed by atoms with E-state index < -0.39 is 5.41 Å². The van der Waals surface area contributed by atoms with Crippen LogP contribution in [0, 0.1) is 0 Å². The maximum Gasteiger partial charge on any atom is 0.237 e. The fourth-order valence-corrected chi connectivity index (χ4v) is 6.33. The average Bonchev–Trinajstić information content (AvgIpc) is 3.05. The molecule has 8 heteroatoms. The third kappa shape index (κ3) is 6.35. The number of nitrogens with zero attached hydrogens (tertiary/aromatic N) is 3. The van der Waals surface area contributed by atoms with Crippen LogP contribution in [0.5, 0.6) is 23.0 Å². The Hall–Kier alpha value is -3.75. The fraction of sp³-hybridized carbons (Fsp3) is 0.441. The number of hydrogen-bond acceptors (Lipinski definition) is 7. The molecule has 0 N–H and O–H groups in total. The monoisotopic (exact) mass is 573 g/mol. The third-order valence-corrected chi connectivity index (χ3v) is 8.77. The Bertz CT molecular complexity index is 1250. The van der Waals surface area contributed by atoms with Crippen molar-refractivity contribution in [3.05, 3.63) is 83.4 Å². The van der Waals surface area contributed by atoms with Gasteiger partial charge in [0, 0.05) is 58.4 Å². The zero-order valence-corrected chi connectivity index (χ0v) is 25.3. The van der Waals surface area contributed by atoms with Gasteiger partial charge in [-0.3, -0.25) is 14.6 Å². The lowest BCUT2D eigenvalue weighted by Gasteiger charge is -2.43. The first-order valence-electron chi connectivity index (χ1n) is 14.7. The van der Waals surface area contributed by atoms with E-state index in [4.69, 9.17) is 18.9 Å². The predicted octanol–water partition coefficient (Wildman–Crippen LogP) is 4.45. The lowest BCUT2D eigenvalue weighted by molar-refractivity contribution is -0.139. The molecule has 8 nitrogen and oxygen atoms in total. The van der Waals surface area contributed by atoms with Crippen molar-refractivity contribution < 1.29 is 23.7 Å². The van der Waals surface area contributed by atoms with Crippen LogP contribution >= 0.6 is 0 Å². The van der Waals surface area contributed by atoms with Crippen LogP contribution in [-0.4, -0.2) is 94.9 Å². The van der Waals surface area contributed by atoms with Crippen LogP contribution in [0.1, 0.15) is 29.5 Å². The quantitative estimate of drug-likeness (QED) is 0.336. The molecule has 2 saturated heterocycles. The number of ether oxygens (including phenoxy) is 4. The number of carbonyl (C=O) groups excluding carboxylic acids is 1. The van der Waals surface area contributed by atoms with Gasteiger partial charge in [-0.2, -0.15) is 0 Å². The van der Waals surface area contributed by atoms with Gasteiger partial charge in [-0.15, -0.1) is 0 Å². The summed E-state index contributed by atoms with van der Waals surface area (Å²) in [5, 5.41) is 0. The van der Waals surface area contributed by atoms with Crippen molar-refractivity contribution in [1.29, 1.82) is 0 Å². The third-order valence-electron chi connectivity index (χ3n) is 8.77. The molecule has 3 aromatic carbocycles. The van der Waals surface area contributed by atoms with Gasteiger partial charge < -0.3 is 23.8 Å². The summed E-state index contributed by atoms with van der Waals surface area (Å²) in [6.45, 7) is 7.15. The number of piperazine rings is 1. The Labute approximate surface area is 249 Å². The van der Waals surface area contributed by atoms with Gasteiger partial charge in [0.05, 0.1) is 33.9 Å². The molecule has 0 bridgehead atoms. The van der Waals surface area contributed by atoms with E-state index in [9.17, 15) is 4.79 Å². The van der Waals surface area contributed by atoms with E-state index in [1.165, 1.54) is 5.56 Å². The minimum absolute atomic E-state index is 0.176. The Kier molecular flexibility index (Phi) is 9.55. The molecule has 0 unspecified atom stereocenters. The highest BCUT2D eigenvalue weighted by Gasteiger charge is 2.46. The zero-order valence-electron chi connectivity index (χ0n) is 25.3. The van der Waals surface area contributed by atoms with Crippen molar-refractivity contribution in [2.24, 2.45) is 0 Å². The van der Waals surface area contributed by atoms with Crippen LogP contribution in [0.25, 0.3) is 0 Å². The Morgan fingerprint density at radius 3 is 1.62 bits per heavy atom. The molecule has 0 aliphatic carbocycles. The van der Waals surface area contributed by atoms with Crippen molar-refractivity contribution in [3.63, 3.8) is 0 Å². The first kappa shape index (κ1) is 29.7. The summed E-state index contributed by atoms with van der Waals surface area (Å²) < 4.78 is 21.7. The van der Waals surface area contributed by atoms with Crippen LogP contribution in [0.3, 0.4) is 0 Å². The van der Waals surface area contributed by atoms with Crippen LogP contribution < -0.4 is 18.9 Å². The van der Waals surface area contributed by atoms with E-state index in [1.807, 2.05) is 54.6 Å². The summed E-state index contributed by atoms with van der Waals surface area (Å²) in [4.78, 5) is 21.4. The second-order valence-electron chi connectivity index (χ2n) is 11.1. The molecule has 3 aromatic rings. The number of hydrogen-bond donors (Lipinski definition) is 0. The van der Waals surface area contributed by atoms with Gasteiger partial charge in [0.15, 0.2) is 0 Å². The molecule has 42 heavy (non-hydrogen) atoms. The van der Waals surface area contributed by atoms with Gasteiger partial charge in [-0.25, -0.2) is 0 Å². The molecule has 0 spiro atoms. The topological polar surface area (TPSA) is 63.7 Å². The van der Waals surface area contributed by atoms with Crippen LogP contribution in [0.2, 0.25) is 0 Å². The minimum Gasteiger partial charge on any atom is -0.497 e. The molecule has 224 valence electrons. The lowest BCUT2D eigenvalue weighted by Crippen LogP contribution is -2.54. The first-order chi connectivity index (χ1) is 20.5. The molecule has 0 radical (unpaired) electrons. The normalized spacial score (nSPS) is 17.6. The van der Waals surface area contributed by atoms with Crippen molar-refractivity contribution in [2.75, 3.05) is 74.3 Å². The van der Waals surface area contributed by atoms with Crippen LogP contribution in [0.15, 0.2) is 66.7 Å². The number of carbonyl (C=O) groups is 1. The molecule has 1 amide bonds. The number of amides is 1. The second-order valence-corrected chi connectivity index (χ2v) is 11.1. The van der Waals surface area contributed by atoms with E-state index in [2.05, 4.69) is 26.8 Å². The molecule has 2 fully saturated rings. The van der Waals surface area contributed by atoms with Gasteiger partial charge in [0.2, 0.25) is 5.91 Å². The van der Waals surface area contributed by atoms with E-state index in [0.717, 1.165) is 99.3 Å². The molecule has 2 aliphatic rings. The molecule has 0 saturated carbocycles. The van der Waals surface area contributed by atoms with Gasteiger partial charge in [-0.05, 0) is 65.9 Å². The smallest absolute Gasteiger partial charge is 0.237 e. The van der Waals surface area contributed by atoms with Gasteiger partial charge in [0.1, 0.15) is 23.0 Å². The Balaban J connectivity index is 1.24. The minimum atomic E-state index is -0.729. The summed E-state index contributed by atoms with van der Waals surface area (Å²) >= 11 is 0. The highest BCUT2D eigenvalue weighted by atomic mass is 16.5. The molecular formula is C34H43N3O5. The van der Waals surface area contributed by atoms with E-state index in [-0.39, 0.29) is 5.91 Å².